The Bertz CT molecular complexity index is 1070. The highest BCUT2D eigenvalue weighted by molar-refractivity contribution is 6.31. The Balaban J connectivity index is 1.61. The number of anilines is 2. The average molecular weight is 439 g/mol. The summed E-state index contributed by atoms with van der Waals surface area (Å²) in [7, 11) is 0. The zero-order valence-corrected chi connectivity index (χ0v) is 17.5. The highest BCUT2D eigenvalue weighted by atomic mass is 35.5. The summed E-state index contributed by atoms with van der Waals surface area (Å²) in [6.45, 7) is -0.158. The Hall–Kier alpha value is -3.35. The molecule has 0 saturated carbocycles. The van der Waals surface area contributed by atoms with E-state index < -0.39 is 6.09 Å². The van der Waals surface area contributed by atoms with Crippen LogP contribution < -0.4 is 10.6 Å². The lowest BCUT2D eigenvalue weighted by atomic mass is 9.99. The van der Waals surface area contributed by atoms with E-state index in [2.05, 4.69) is 10.6 Å². The minimum Gasteiger partial charge on any atom is -0.465 e. The molecule has 0 fully saturated rings. The molecule has 0 aliphatic heterocycles. The molecular formula is C24H23ClN2O4. The highest BCUT2D eigenvalue weighted by Crippen LogP contribution is 2.29. The smallest absolute Gasteiger partial charge is 0.409 e. The van der Waals surface area contributed by atoms with Crippen molar-refractivity contribution in [1.29, 1.82) is 0 Å². The predicted octanol–water partition coefficient (Wildman–Crippen LogP) is 5.55. The molecule has 0 saturated heterocycles. The Morgan fingerprint density at radius 1 is 0.935 bits per heavy atom. The van der Waals surface area contributed by atoms with Gasteiger partial charge in [0.25, 0.3) is 0 Å². The quantitative estimate of drug-likeness (QED) is 0.370. The van der Waals surface area contributed by atoms with Gasteiger partial charge >= 0.3 is 6.09 Å². The van der Waals surface area contributed by atoms with E-state index in [1.165, 1.54) is 0 Å². The number of hydrogen-bond donors (Lipinski definition) is 4. The van der Waals surface area contributed by atoms with Crippen LogP contribution in [0.5, 0.6) is 0 Å². The van der Waals surface area contributed by atoms with Gasteiger partial charge in [-0.1, -0.05) is 60.1 Å². The number of amides is 2. The standard InChI is InChI=1S/C24H23ClN2O4/c25-21-14-19(11-10-18(21)15-28)26-23(29)8-4-5-16-9-12-20(17-6-2-1-3-7-17)22(13-16)27-24(30)31/h1-3,6-7,9-14,27-28H,4-5,8,15H2,(H,26,29)(H,30,31). The Kier molecular flexibility index (Phi) is 7.65. The Labute approximate surface area is 185 Å². The van der Waals surface area contributed by atoms with Crippen molar-refractivity contribution < 1.29 is 19.8 Å². The van der Waals surface area contributed by atoms with Crippen molar-refractivity contribution in [2.45, 2.75) is 25.9 Å². The molecule has 0 heterocycles. The summed E-state index contributed by atoms with van der Waals surface area (Å²) < 4.78 is 0. The van der Waals surface area contributed by atoms with Gasteiger partial charge in [0.1, 0.15) is 0 Å². The van der Waals surface area contributed by atoms with E-state index in [0.717, 1.165) is 16.7 Å². The lowest BCUT2D eigenvalue weighted by Crippen LogP contribution is -2.12. The maximum Gasteiger partial charge on any atom is 0.409 e. The van der Waals surface area contributed by atoms with Gasteiger partial charge in [0.15, 0.2) is 0 Å². The van der Waals surface area contributed by atoms with Crippen molar-refractivity contribution in [3.63, 3.8) is 0 Å². The lowest BCUT2D eigenvalue weighted by Gasteiger charge is -2.12. The van der Waals surface area contributed by atoms with Gasteiger partial charge in [0.05, 0.1) is 12.3 Å². The van der Waals surface area contributed by atoms with E-state index in [1.807, 2.05) is 48.5 Å². The molecule has 3 aromatic rings. The summed E-state index contributed by atoms with van der Waals surface area (Å²) in [6, 6.07) is 20.2. The van der Waals surface area contributed by atoms with Gasteiger partial charge in [-0.05, 0) is 47.7 Å². The third-order valence-corrected chi connectivity index (χ3v) is 5.14. The molecule has 0 aromatic heterocycles. The first-order valence-electron chi connectivity index (χ1n) is 9.83. The topological polar surface area (TPSA) is 98.7 Å². The van der Waals surface area contributed by atoms with E-state index in [1.54, 1.807) is 18.2 Å². The molecule has 3 rings (SSSR count). The van der Waals surface area contributed by atoms with Crippen LogP contribution in [0.15, 0.2) is 66.7 Å². The molecule has 0 aliphatic carbocycles. The molecule has 4 N–H and O–H groups in total. The summed E-state index contributed by atoms with van der Waals surface area (Å²) in [5.41, 5.74) is 4.35. The highest BCUT2D eigenvalue weighted by Gasteiger charge is 2.10. The fourth-order valence-electron chi connectivity index (χ4n) is 3.26. The van der Waals surface area contributed by atoms with Crippen LogP contribution in [0.1, 0.15) is 24.0 Å². The molecule has 7 heteroatoms. The number of carbonyl (C=O) groups excluding carboxylic acids is 1. The molecule has 0 spiro atoms. The Morgan fingerprint density at radius 3 is 2.39 bits per heavy atom. The lowest BCUT2D eigenvalue weighted by molar-refractivity contribution is -0.116. The number of aryl methyl sites for hydroxylation is 1. The second-order valence-electron chi connectivity index (χ2n) is 7.04. The van der Waals surface area contributed by atoms with E-state index >= 15 is 0 Å². The molecule has 0 unspecified atom stereocenters. The van der Waals surface area contributed by atoms with Crippen molar-refractivity contribution in [3.05, 3.63) is 82.9 Å². The fourth-order valence-corrected chi connectivity index (χ4v) is 3.51. The predicted molar refractivity (Wildman–Crippen MR) is 122 cm³/mol. The molecule has 3 aromatic carbocycles. The number of nitrogens with one attached hydrogen (secondary N) is 2. The molecule has 160 valence electrons. The molecule has 2 amide bonds. The van der Waals surface area contributed by atoms with Crippen LogP contribution in [-0.4, -0.2) is 22.2 Å². The molecule has 0 aliphatic rings. The second kappa shape index (κ2) is 10.6. The number of carboxylic acid groups (broad SMARTS) is 1. The first-order chi connectivity index (χ1) is 15.0. The van der Waals surface area contributed by atoms with Crippen molar-refractivity contribution in [1.82, 2.24) is 0 Å². The third-order valence-electron chi connectivity index (χ3n) is 4.79. The summed E-state index contributed by atoms with van der Waals surface area (Å²) in [5, 5.41) is 24.0. The number of aliphatic hydroxyl groups is 1. The number of benzene rings is 3. The number of carbonyl (C=O) groups is 2. The van der Waals surface area contributed by atoms with E-state index in [0.29, 0.717) is 41.2 Å². The van der Waals surface area contributed by atoms with Gasteiger partial charge in [0, 0.05) is 22.7 Å². The van der Waals surface area contributed by atoms with E-state index in [-0.39, 0.29) is 12.5 Å². The number of rotatable bonds is 8. The van der Waals surface area contributed by atoms with Gasteiger partial charge in [-0.25, -0.2) is 4.79 Å². The van der Waals surface area contributed by atoms with Gasteiger partial charge in [0.2, 0.25) is 5.91 Å². The number of hydrogen-bond acceptors (Lipinski definition) is 3. The van der Waals surface area contributed by atoms with Gasteiger partial charge in [-0.3, -0.25) is 10.1 Å². The summed E-state index contributed by atoms with van der Waals surface area (Å²) >= 11 is 6.05. The zero-order valence-electron chi connectivity index (χ0n) is 16.8. The van der Waals surface area contributed by atoms with Crippen LogP contribution >= 0.6 is 11.6 Å². The van der Waals surface area contributed by atoms with Crippen molar-refractivity contribution in [3.8, 4) is 11.1 Å². The zero-order chi connectivity index (χ0) is 22.2. The fraction of sp³-hybridized carbons (Fsp3) is 0.167. The van der Waals surface area contributed by atoms with Crippen LogP contribution in [0, 0.1) is 0 Å². The normalized spacial score (nSPS) is 10.5. The van der Waals surface area contributed by atoms with Crippen LogP contribution in [-0.2, 0) is 17.8 Å². The minimum atomic E-state index is -1.13. The Morgan fingerprint density at radius 2 is 1.71 bits per heavy atom. The van der Waals surface area contributed by atoms with Crippen LogP contribution in [0.3, 0.4) is 0 Å². The number of halogens is 1. The van der Waals surface area contributed by atoms with E-state index in [9.17, 15) is 14.7 Å². The molecule has 0 bridgehead atoms. The molecular weight excluding hydrogens is 416 g/mol. The van der Waals surface area contributed by atoms with Crippen LogP contribution in [0.4, 0.5) is 16.2 Å². The van der Waals surface area contributed by atoms with Crippen molar-refractivity contribution in [2.24, 2.45) is 0 Å². The van der Waals surface area contributed by atoms with Crippen molar-refractivity contribution in [2.75, 3.05) is 10.6 Å². The SMILES string of the molecule is O=C(O)Nc1cc(CCCC(=O)Nc2ccc(CO)c(Cl)c2)ccc1-c1ccccc1. The average Bonchev–Trinajstić information content (AvgIpc) is 2.74. The second-order valence-corrected chi connectivity index (χ2v) is 7.45. The molecule has 0 atom stereocenters. The molecule has 0 radical (unpaired) electrons. The first kappa shape index (κ1) is 22.3. The largest absolute Gasteiger partial charge is 0.465 e. The summed E-state index contributed by atoms with van der Waals surface area (Å²) in [5.74, 6) is -0.141. The molecule has 31 heavy (non-hydrogen) atoms. The van der Waals surface area contributed by atoms with Crippen molar-refractivity contribution >= 4 is 35.0 Å². The maximum atomic E-state index is 12.2. The summed E-state index contributed by atoms with van der Waals surface area (Å²) in [6.07, 6.45) is 0.410. The minimum absolute atomic E-state index is 0.141. The van der Waals surface area contributed by atoms with Crippen LogP contribution in [0.25, 0.3) is 11.1 Å². The van der Waals surface area contributed by atoms with Gasteiger partial charge < -0.3 is 15.5 Å². The van der Waals surface area contributed by atoms with Gasteiger partial charge in [-0.2, -0.15) is 0 Å². The summed E-state index contributed by atoms with van der Waals surface area (Å²) in [4.78, 5) is 23.4. The number of aliphatic hydroxyl groups excluding tert-OH is 1. The first-order valence-corrected chi connectivity index (χ1v) is 10.2. The maximum absolute atomic E-state index is 12.2. The van der Waals surface area contributed by atoms with Crippen LogP contribution in [0.2, 0.25) is 5.02 Å². The van der Waals surface area contributed by atoms with Gasteiger partial charge in [-0.15, -0.1) is 0 Å². The van der Waals surface area contributed by atoms with E-state index in [4.69, 9.17) is 16.7 Å². The monoisotopic (exact) mass is 438 g/mol. The third kappa shape index (κ3) is 6.31. The molecule has 6 nitrogen and oxygen atoms in total.